The number of imide groups is 2. The summed E-state index contributed by atoms with van der Waals surface area (Å²) in [4.78, 5) is 49.9. The van der Waals surface area contributed by atoms with E-state index in [0.717, 1.165) is 15.5 Å². The third-order valence-corrected chi connectivity index (χ3v) is 5.18. The number of carbonyl (C=O) groups excluding carboxylic acids is 3. The van der Waals surface area contributed by atoms with Gasteiger partial charge in [0, 0.05) is 31.2 Å². The first-order chi connectivity index (χ1) is 13.5. The fourth-order valence-corrected chi connectivity index (χ4v) is 3.48. The van der Waals surface area contributed by atoms with Gasteiger partial charge in [-0.3, -0.25) is 19.4 Å². The van der Waals surface area contributed by atoms with Gasteiger partial charge < -0.3 is 9.67 Å². The molecule has 29 heavy (non-hydrogen) atoms. The highest BCUT2D eigenvalue weighted by molar-refractivity contribution is 6.33. The SMILES string of the molecule is Cc1cc(C=C2C(=O)N(C)C(=O)N(C)C2=O)c(C)n1-c1ccc(Cl)c(C(=O)O)c1. The highest BCUT2D eigenvalue weighted by Gasteiger charge is 2.38. The number of nitrogens with zero attached hydrogens (tertiary/aromatic N) is 3. The van der Waals surface area contributed by atoms with Crippen molar-refractivity contribution in [3.8, 4) is 5.69 Å². The predicted octanol–water partition coefficient (Wildman–Crippen LogP) is 2.88. The van der Waals surface area contributed by atoms with E-state index in [1.807, 2.05) is 6.92 Å². The number of urea groups is 1. The van der Waals surface area contributed by atoms with E-state index in [4.69, 9.17) is 11.6 Å². The number of aromatic carboxylic acids is 1. The Morgan fingerprint density at radius 1 is 1.03 bits per heavy atom. The van der Waals surface area contributed by atoms with Crippen LogP contribution in [0.2, 0.25) is 5.02 Å². The maximum atomic E-state index is 12.4. The molecule has 0 atom stereocenters. The van der Waals surface area contributed by atoms with Gasteiger partial charge >= 0.3 is 12.0 Å². The highest BCUT2D eigenvalue weighted by atomic mass is 35.5. The molecule has 0 bridgehead atoms. The summed E-state index contributed by atoms with van der Waals surface area (Å²) in [5.74, 6) is -2.50. The van der Waals surface area contributed by atoms with Crippen LogP contribution in [0.1, 0.15) is 27.3 Å². The molecule has 3 rings (SSSR count). The van der Waals surface area contributed by atoms with Crippen LogP contribution < -0.4 is 0 Å². The summed E-state index contributed by atoms with van der Waals surface area (Å²) in [5, 5.41) is 9.44. The molecule has 1 fully saturated rings. The average molecular weight is 416 g/mol. The molecule has 4 amide bonds. The average Bonchev–Trinajstić information content (AvgIpc) is 2.95. The second-order valence-electron chi connectivity index (χ2n) is 6.70. The van der Waals surface area contributed by atoms with Crippen molar-refractivity contribution < 1.29 is 24.3 Å². The Morgan fingerprint density at radius 3 is 2.17 bits per heavy atom. The molecule has 8 nitrogen and oxygen atoms in total. The zero-order valence-electron chi connectivity index (χ0n) is 16.2. The molecule has 0 radical (unpaired) electrons. The molecule has 0 unspecified atom stereocenters. The van der Waals surface area contributed by atoms with Crippen molar-refractivity contribution in [3.05, 3.63) is 57.4 Å². The van der Waals surface area contributed by atoms with E-state index >= 15 is 0 Å². The van der Waals surface area contributed by atoms with Gasteiger partial charge in [0.1, 0.15) is 5.57 Å². The number of carboxylic acids is 1. The van der Waals surface area contributed by atoms with Crippen molar-refractivity contribution >= 4 is 41.5 Å². The fourth-order valence-electron chi connectivity index (χ4n) is 3.28. The number of carboxylic acid groups (broad SMARTS) is 1. The molecule has 1 aromatic heterocycles. The van der Waals surface area contributed by atoms with Gasteiger partial charge in [-0.25, -0.2) is 9.59 Å². The molecule has 1 saturated heterocycles. The molecule has 1 aromatic carbocycles. The largest absolute Gasteiger partial charge is 0.478 e. The minimum atomic E-state index is -1.14. The fraction of sp³-hybridized carbons (Fsp3) is 0.200. The van der Waals surface area contributed by atoms with Crippen LogP contribution in [0.15, 0.2) is 29.8 Å². The van der Waals surface area contributed by atoms with Crippen molar-refractivity contribution in [1.29, 1.82) is 0 Å². The maximum absolute atomic E-state index is 12.4. The minimum Gasteiger partial charge on any atom is -0.478 e. The van der Waals surface area contributed by atoms with Crippen LogP contribution in [0, 0.1) is 13.8 Å². The molecule has 1 aliphatic rings. The summed E-state index contributed by atoms with van der Waals surface area (Å²) in [5.41, 5.74) is 2.48. The summed E-state index contributed by atoms with van der Waals surface area (Å²) >= 11 is 5.95. The normalized spacial score (nSPS) is 14.7. The van der Waals surface area contributed by atoms with Crippen molar-refractivity contribution in [1.82, 2.24) is 14.4 Å². The second kappa shape index (κ2) is 7.21. The lowest BCUT2D eigenvalue weighted by Gasteiger charge is -2.28. The van der Waals surface area contributed by atoms with E-state index in [1.165, 1.54) is 32.3 Å². The molecule has 1 N–H and O–H groups in total. The van der Waals surface area contributed by atoms with E-state index in [1.54, 1.807) is 23.6 Å². The number of benzene rings is 1. The van der Waals surface area contributed by atoms with Crippen LogP contribution in [-0.4, -0.2) is 57.4 Å². The Morgan fingerprint density at radius 2 is 1.62 bits per heavy atom. The van der Waals surface area contributed by atoms with E-state index in [-0.39, 0.29) is 16.2 Å². The van der Waals surface area contributed by atoms with Crippen LogP contribution in [0.5, 0.6) is 0 Å². The summed E-state index contributed by atoms with van der Waals surface area (Å²) in [6.45, 7) is 3.60. The van der Waals surface area contributed by atoms with Crippen molar-refractivity contribution in [3.63, 3.8) is 0 Å². The Balaban J connectivity index is 2.12. The molecular weight excluding hydrogens is 398 g/mol. The molecule has 0 spiro atoms. The summed E-state index contributed by atoms with van der Waals surface area (Å²) < 4.78 is 1.80. The van der Waals surface area contributed by atoms with Gasteiger partial charge in [-0.15, -0.1) is 0 Å². The van der Waals surface area contributed by atoms with Crippen LogP contribution >= 0.6 is 11.6 Å². The number of halogens is 1. The topological polar surface area (TPSA) is 99.9 Å². The molecule has 2 heterocycles. The lowest BCUT2D eigenvalue weighted by Crippen LogP contribution is -2.52. The zero-order chi connectivity index (χ0) is 21.6. The molecule has 2 aromatic rings. The van der Waals surface area contributed by atoms with Gasteiger partial charge in [-0.2, -0.15) is 0 Å². The Hall–Kier alpha value is -3.39. The lowest BCUT2D eigenvalue weighted by molar-refractivity contribution is -0.134. The quantitative estimate of drug-likeness (QED) is 0.613. The first kappa shape index (κ1) is 20.3. The number of aryl methyl sites for hydroxylation is 1. The highest BCUT2D eigenvalue weighted by Crippen LogP contribution is 2.27. The van der Waals surface area contributed by atoms with E-state index in [2.05, 4.69) is 0 Å². The summed E-state index contributed by atoms with van der Waals surface area (Å²) in [6, 6.07) is 5.72. The zero-order valence-corrected chi connectivity index (χ0v) is 16.9. The molecular formula is C20H18ClN3O5. The number of hydrogen-bond donors (Lipinski definition) is 1. The number of carbonyl (C=O) groups is 4. The van der Waals surface area contributed by atoms with E-state index in [0.29, 0.717) is 16.9 Å². The number of aromatic nitrogens is 1. The van der Waals surface area contributed by atoms with Gasteiger partial charge in [-0.05, 0) is 49.8 Å². The number of hydrogen-bond acceptors (Lipinski definition) is 4. The lowest BCUT2D eigenvalue weighted by atomic mass is 10.1. The van der Waals surface area contributed by atoms with Crippen LogP contribution in [0.3, 0.4) is 0 Å². The summed E-state index contributed by atoms with van der Waals surface area (Å²) in [7, 11) is 2.62. The molecule has 150 valence electrons. The Bertz CT molecular complexity index is 1090. The standard InChI is InChI=1S/C20H18ClN3O5/c1-10-7-12(8-15-17(25)22(3)20(29)23(4)18(15)26)11(2)24(10)13-5-6-16(21)14(9-13)19(27)28/h5-9H,1-4H3,(H,27,28). The van der Waals surface area contributed by atoms with Gasteiger partial charge in [0.15, 0.2) is 0 Å². The van der Waals surface area contributed by atoms with Crippen LogP contribution in [0.25, 0.3) is 11.8 Å². The van der Waals surface area contributed by atoms with Crippen molar-refractivity contribution in [2.75, 3.05) is 14.1 Å². The third kappa shape index (κ3) is 3.31. The first-order valence-electron chi connectivity index (χ1n) is 8.58. The third-order valence-electron chi connectivity index (χ3n) is 4.85. The first-order valence-corrected chi connectivity index (χ1v) is 8.96. The number of likely N-dealkylation sites (N-methyl/N-ethyl adjacent to an activating group) is 2. The van der Waals surface area contributed by atoms with Gasteiger partial charge in [-0.1, -0.05) is 11.6 Å². The van der Waals surface area contributed by atoms with Crippen molar-refractivity contribution in [2.45, 2.75) is 13.8 Å². The van der Waals surface area contributed by atoms with Crippen LogP contribution in [0.4, 0.5) is 4.79 Å². The van der Waals surface area contributed by atoms with E-state index in [9.17, 15) is 24.3 Å². The number of barbiturate groups is 1. The number of amides is 4. The van der Waals surface area contributed by atoms with Gasteiger partial charge in [0.25, 0.3) is 11.8 Å². The molecule has 0 aliphatic carbocycles. The van der Waals surface area contributed by atoms with Crippen molar-refractivity contribution in [2.24, 2.45) is 0 Å². The number of rotatable bonds is 3. The van der Waals surface area contributed by atoms with Gasteiger partial charge in [0.2, 0.25) is 0 Å². The predicted molar refractivity (Wildman–Crippen MR) is 106 cm³/mol. The molecule has 0 saturated carbocycles. The molecule has 1 aliphatic heterocycles. The minimum absolute atomic E-state index is 0.0315. The van der Waals surface area contributed by atoms with Gasteiger partial charge in [0.05, 0.1) is 10.6 Å². The molecule has 9 heteroatoms. The maximum Gasteiger partial charge on any atom is 0.337 e. The monoisotopic (exact) mass is 415 g/mol. The van der Waals surface area contributed by atoms with Crippen LogP contribution in [-0.2, 0) is 9.59 Å². The summed E-state index contributed by atoms with van der Waals surface area (Å²) in [6.07, 6.45) is 1.44. The van der Waals surface area contributed by atoms with E-state index < -0.39 is 23.8 Å². The Labute approximate surface area is 171 Å². The smallest absolute Gasteiger partial charge is 0.337 e. The second-order valence-corrected chi connectivity index (χ2v) is 7.11. The Kier molecular flexibility index (Phi) is 5.06.